The average molecular weight is 335 g/mol. The Morgan fingerprint density at radius 3 is 2.36 bits per heavy atom. The van der Waals surface area contributed by atoms with Gasteiger partial charge in [0.2, 0.25) is 0 Å². The highest BCUT2D eigenvalue weighted by Crippen LogP contribution is 2.48. The third-order valence-electron chi connectivity index (χ3n) is 6.05. The number of benzene rings is 2. The lowest BCUT2D eigenvalue weighted by atomic mass is 9.61. The van der Waals surface area contributed by atoms with Gasteiger partial charge in [0, 0.05) is 16.7 Å². The molecule has 0 amide bonds. The number of aliphatic imine (C=N–C) groups is 1. The molecule has 1 aliphatic heterocycles. The second-order valence-electron chi connectivity index (χ2n) is 7.71. The second kappa shape index (κ2) is 6.67. The summed E-state index contributed by atoms with van der Waals surface area (Å²) in [6.07, 6.45) is 3.31. The Kier molecular flexibility index (Phi) is 4.73. The quantitative estimate of drug-likeness (QED) is 0.718. The highest BCUT2D eigenvalue weighted by Gasteiger charge is 2.48. The van der Waals surface area contributed by atoms with Crippen LogP contribution in [0.5, 0.6) is 0 Å². The number of hydrogen-bond donors (Lipinski definition) is 1. The molecule has 2 atom stereocenters. The molecule has 0 spiro atoms. The Morgan fingerprint density at radius 2 is 1.72 bits per heavy atom. The first-order valence-electron chi connectivity index (χ1n) is 9.47. The van der Waals surface area contributed by atoms with Gasteiger partial charge < -0.3 is 5.32 Å². The molecule has 3 rings (SSSR count). The molecule has 0 radical (unpaired) electrons. The molecule has 25 heavy (non-hydrogen) atoms. The Balaban J connectivity index is 2.17. The molecule has 2 nitrogen and oxygen atoms in total. The molecule has 0 fully saturated rings. The maximum atomic E-state index is 5.30. The molecular weight excluding hydrogens is 304 g/mol. The normalized spacial score (nSPS) is 25.2. The molecular formula is C23H30N2. The summed E-state index contributed by atoms with van der Waals surface area (Å²) in [5, 5.41) is 3.58. The highest BCUT2D eigenvalue weighted by molar-refractivity contribution is 6.10. The smallest absolute Gasteiger partial charge is 0.133 e. The number of hydrogen-bond acceptors (Lipinski definition) is 2. The molecule has 1 N–H and O–H groups in total. The summed E-state index contributed by atoms with van der Waals surface area (Å²) in [7, 11) is 0. The van der Waals surface area contributed by atoms with E-state index in [9.17, 15) is 0 Å². The van der Waals surface area contributed by atoms with Crippen LogP contribution < -0.4 is 5.32 Å². The van der Waals surface area contributed by atoms with Gasteiger partial charge in [-0.2, -0.15) is 0 Å². The van der Waals surface area contributed by atoms with Gasteiger partial charge in [-0.25, -0.2) is 0 Å². The summed E-state index contributed by atoms with van der Waals surface area (Å²) in [6, 6.07) is 17.2. The number of fused-ring (bicyclic) bond motifs is 1. The van der Waals surface area contributed by atoms with Crippen molar-refractivity contribution in [2.75, 3.05) is 5.32 Å². The fourth-order valence-electron chi connectivity index (χ4n) is 4.18. The zero-order valence-electron chi connectivity index (χ0n) is 16.2. The van der Waals surface area contributed by atoms with E-state index in [4.69, 9.17) is 4.99 Å². The van der Waals surface area contributed by atoms with Crippen molar-refractivity contribution in [3.8, 4) is 0 Å². The van der Waals surface area contributed by atoms with Gasteiger partial charge in [0.15, 0.2) is 0 Å². The summed E-state index contributed by atoms with van der Waals surface area (Å²) in [6.45, 7) is 11.5. The van der Waals surface area contributed by atoms with E-state index in [0.29, 0.717) is 0 Å². The number of para-hydroxylation sites is 1. The first-order chi connectivity index (χ1) is 11.9. The third kappa shape index (κ3) is 2.99. The lowest BCUT2D eigenvalue weighted by Gasteiger charge is -2.48. The minimum atomic E-state index is -0.103. The van der Waals surface area contributed by atoms with Crippen LogP contribution in [-0.2, 0) is 5.41 Å². The van der Waals surface area contributed by atoms with Gasteiger partial charge >= 0.3 is 0 Å². The van der Waals surface area contributed by atoms with Crippen LogP contribution in [0.15, 0.2) is 53.5 Å². The predicted molar refractivity (Wildman–Crippen MR) is 109 cm³/mol. The summed E-state index contributed by atoms with van der Waals surface area (Å²) in [5.41, 5.74) is 5.03. The van der Waals surface area contributed by atoms with Crippen LogP contribution in [0.3, 0.4) is 0 Å². The zero-order valence-corrected chi connectivity index (χ0v) is 16.2. The standard InChI is InChI=1S/C23H30N2/c1-6-15-23(5)22(4,7-2)20-16-17(3)13-14-19(20)21(25-23)24-18-11-9-8-10-12-18/h8-14,16H,6-7,15H2,1-5H3,(H,24,25)/t22?,23-/m1/s1. The lowest BCUT2D eigenvalue weighted by Crippen LogP contribution is -2.50. The summed E-state index contributed by atoms with van der Waals surface area (Å²) in [4.78, 5) is 5.30. The SMILES string of the molecule is CCC[C@@]1(C)N=C(Nc2ccccc2)c2ccc(C)cc2C1(C)CC. The molecule has 1 unspecified atom stereocenters. The van der Waals surface area contributed by atoms with E-state index in [-0.39, 0.29) is 11.0 Å². The minimum Gasteiger partial charge on any atom is -0.340 e. The van der Waals surface area contributed by atoms with Gasteiger partial charge in [-0.15, -0.1) is 0 Å². The van der Waals surface area contributed by atoms with E-state index in [2.05, 4.69) is 82.4 Å². The molecule has 0 aliphatic carbocycles. The molecule has 0 bridgehead atoms. The van der Waals surface area contributed by atoms with Gasteiger partial charge in [-0.1, -0.05) is 69.2 Å². The molecule has 0 aromatic heterocycles. The molecule has 1 aliphatic rings. The van der Waals surface area contributed by atoms with Crippen LogP contribution in [0, 0.1) is 6.92 Å². The second-order valence-corrected chi connectivity index (χ2v) is 7.71. The van der Waals surface area contributed by atoms with Crippen molar-refractivity contribution in [2.24, 2.45) is 4.99 Å². The molecule has 0 saturated carbocycles. The van der Waals surface area contributed by atoms with E-state index in [1.54, 1.807) is 0 Å². The largest absolute Gasteiger partial charge is 0.340 e. The first-order valence-corrected chi connectivity index (χ1v) is 9.47. The van der Waals surface area contributed by atoms with Crippen molar-refractivity contribution in [1.29, 1.82) is 0 Å². The molecule has 1 heterocycles. The number of rotatable bonds is 4. The maximum Gasteiger partial charge on any atom is 0.133 e. The van der Waals surface area contributed by atoms with Gasteiger partial charge in [0.05, 0.1) is 5.54 Å². The summed E-state index contributed by atoms with van der Waals surface area (Å²) < 4.78 is 0. The Labute approximate surface area is 152 Å². The number of anilines is 1. The first kappa shape index (κ1) is 17.7. The van der Waals surface area contributed by atoms with Gasteiger partial charge in [0.1, 0.15) is 5.84 Å². The Morgan fingerprint density at radius 1 is 1.00 bits per heavy atom. The fraction of sp³-hybridized carbons (Fsp3) is 0.435. The maximum absolute atomic E-state index is 5.30. The van der Waals surface area contributed by atoms with Crippen LogP contribution in [0.1, 0.15) is 63.6 Å². The fourth-order valence-corrected chi connectivity index (χ4v) is 4.18. The third-order valence-corrected chi connectivity index (χ3v) is 6.05. The molecule has 2 heteroatoms. The van der Waals surface area contributed by atoms with Crippen molar-refractivity contribution in [3.05, 3.63) is 65.2 Å². The predicted octanol–water partition coefficient (Wildman–Crippen LogP) is 6.09. The lowest BCUT2D eigenvalue weighted by molar-refractivity contribution is 0.228. The monoisotopic (exact) mass is 334 g/mol. The number of nitrogens with zero attached hydrogens (tertiary/aromatic N) is 1. The van der Waals surface area contributed by atoms with Gasteiger partial charge in [-0.3, -0.25) is 4.99 Å². The van der Waals surface area contributed by atoms with Gasteiger partial charge in [0.25, 0.3) is 0 Å². The summed E-state index contributed by atoms with van der Waals surface area (Å²) >= 11 is 0. The zero-order chi connectivity index (χ0) is 18.1. The van der Waals surface area contributed by atoms with Crippen molar-refractivity contribution in [1.82, 2.24) is 0 Å². The Hall–Kier alpha value is -2.09. The van der Waals surface area contributed by atoms with Crippen molar-refractivity contribution in [2.45, 2.75) is 64.8 Å². The van der Waals surface area contributed by atoms with Crippen LogP contribution in [0.4, 0.5) is 5.69 Å². The molecule has 0 saturated heterocycles. The van der Waals surface area contributed by atoms with Gasteiger partial charge in [-0.05, 0) is 44.4 Å². The number of amidine groups is 1. The van der Waals surface area contributed by atoms with Crippen LogP contribution >= 0.6 is 0 Å². The van der Waals surface area contributed by atoms with E-state index in [1.165, 1.54) is 16.7 Å². The number of aryl methyl sites for hydroxylation is 1. The van der Waals surface area contributed by atoms with Crippen LogP contribution in [-0.4, -0.2) is 11.4 Å². The molecule has 2 aromatic carbocycles. The van der Waals surface area contributed by atoms with Crippen LogP contribution in [0.25, 0.3) is 0 Å². The Bertz CT molecular complexity index is 778. The van der Waals surface area contributed by atoms with E-state index in [0.717, 1.165) is 30.8 Å². The molecule has 132 valence electrons. The summed E-state index contributed by atoms with van der Waals surface area (Å²) in [5.74, 6) is 1.00. The van der Waals surface area contributed by atoms with Crippen LogP contribution in [0.2, 0.25) is 0 Å². The topological polar surface area (TPSA) is 24.4 Å². The van der Waals surface area contributed by atoms with Crippen molar-refractivity contribution >= 4 is 11.5 Å². The minimum absolute atomic E-state index is 0.0478. The molecule has 2 aromatic rings. The van der Waals surface area contributed by atoms with E-state index in [1.807, 2.05) is 6.07 Å². The highest BCUT2D eigenvalue weighted by atomic mass is 15.1. The average Bonchev–Trinajstić information content (AvgIpc) is 2.60. The van der Waals surface area contributed by atoms with E-state index < -0.39 is 0 Å². The van der Waals surface area contributed by atoms with E-state index >= 15 is 0 Å². The number of nitrogens with one attached hydrogen (secondary N) is 1. The van der Waals surface area contributed by atoms with Crippen molar-refractivity contribution < 1.29 is 0 Å². The van der Waals surface area contributed by atoms with Crippen molar-refractivity contribution in [3.63, 3.8) is 0 Å².